The van der Waals surface area contributed by atoms with Crippen LogP contribution in [0.2, 0.25) is 0 Å². The van der Waals surface area contributed by atoms with E-state index in [0.717, 1.165) is 24.3 Å². The Labute approximate surface area is 151 Å². The molecule has 0 radical (unpaired) electrons. The molecule has 0 spiro atoms. The Bertz CT molecular complexity index is 760. The SMILES string of the molecule is CC(C)N(CCC(=O)O)C(=O)CCNS(=O)(=O)c1ccc([N+](=O)[O-])cc1. The summed E-state index contributed by atoms with van der Waals surface area (Å²) >= 11 is 0. The van der Waals surface area contributed by atoms with E-state index < -0.39 is 20.9 Å². The number of carbonyl (C=O) groups excluding carboxylic acids is 1. The number of nitro benzene ring substituents is 1. The van der Waals surface area contributed by atoms with Gasteiger partial charge in [0.2, 0.25) is 15.9 Å². The summed E-state index contributed by atoms with van der Waals surface area (Å²) in [4.78, 5) is 34.0. The summed E-state index contributed by atoms with van der Waals surface area (Å²) in [6.45, 7) is 3.34. The Morgan fingerprint density at radius 2 is 1.81 bits per heavy atom. The van der Waals surface area contributed by atoms with E-state index in [4.69, 9.17) is 5.11 Å². The number of carboxylic acid groups (broad SMARTS) is 1. The highest BCUT2D eigenvalue weighted by Crippen LogP contribution is 2.15. The molecule has 0 bridgehead atoms. The Balaban J connectivity index is 2.65. The van der Waals surface area contributed by atoms with Crippen molar-refractivity contribution < 1.29 is 28.0 Å². The van der Waals surface area contributed by atoms with Crippen LogP contribution < -0.4 is 4.72 Å². The molecule has 11 heteroatoms. The third-order valence-corrected chi connectivity index (χ3v) is 4.98. The van der Waals surface area contributed by atoms with E-state index in [1.165, 1.54) is 4.90 Å². The van der Waals surface area contributed by atoms with Gasteiger partial charge in [0.05, 0.1) is 16.2 Å². The van der Waals surface area contributed by atoms with Crippen LogP contribution in [0.15, 0.2) is 29.2 Å². The number of sulfonamides is 1. The first-order valence-corrected chi connectivity index (χ1v) is 9.28. The molecular weight excluding hydrogens is 366 g/mol. The van der Waals surface area contributed by atoms with Gasteiger partial charge in [-0.2, -0.15) is 0 Å². The molecule has 0 aromatic heterocycles. The number of nitrogens with one attached hydrogen (secondary N) is 1. The fourth-order valence-corrected chi connectivity index (χ4v) is 3.19. The van der Waals surface area contributed by atoms with Crippen molar-refractivity contribution in [1.29, 1.82) is 0 Å². The minimum atomic E-state index is -3.91. The smallest absolute Gasteiger partial charge is 0.305 e. The van der Waals surface area contributed by atoms with Crippen molar-refractivity contribution in [2.24, 2.45) is 0 Å². The van der Waals surface area contributed by atoms with Gasteiger partial charge in [0.25, 0.3) is 5.69 Å². The highest BCUT2D eigenvalue weighted by atomic mass is 32.2. The van der Waals surface area contributed by atoms with Gasteiger partial charge in [-0.05, 0) is 26.0 Å². The molecule has 1 aromatic carbocycles. The Kier molecular flexibility index (Phi) is 7.65. The van der Waals surface area contributed by atoms with Crippen LogP contribution in [0.25, 0.3) is 0 Å². The maximum atomic E-state index is 12.2. The van der Waals surface area contributed by atoms with Crippen molar-refractivity contribution in [3.8, 4) is 0 Å². The second-order valence-electron chi connectivity index (χ2n) is 5.72. The molecule has 0 fully saturated rings. The largest absolute Gasteiger partial charge is 0.481 e. The highest BCUT2D eigenvalue weighted by molar-refractivity contribution is 7.89. The summed E-state index contributed by atoms with van der Waals surface area (Å²) in [5.41, 5.74) is -0.231. The predicted molar refractivity (Wildman–Crippen MR) is 92.0 cm³/mol. The van der Waals surface area contributed by atoms with E-state index in [9.17, 15) is 28.1 Å². The normalized spacial score (nSPS) is 11.3. The molecule has 1 rings (SSSR count). The molecule has 10 nitrogen and oxygen atoms in total. The zero-order valence-electron chi connectivity index (χ0n) is 14.4. The molecule has 0 saturated heterocycles. The lowest BCUT2D eigenvalue weighted by Gasteiger charge is -2.26. The van der Waals surface area contributed by atoms with Gasteiger partial charge in [-0.25, -0.2) is 13.1 Å². The minimum absolute atomic E-state index is 0.0426. The minimum Gasteiger partial charge on any atom is -0.481 e. The number of hydrogen-bond donors (Lipinski definition) is 2. The first-order chi connectivity index (χ1) is 12.0. The second-order valence-corrected chi connectivity index (χ2v) is 7.49. The van der Waals surface area contributed by atoms with Crippen molar-refractivity contribution in [3.63, 3.8) is 0 Å². The number of non-ortho nitro benzene ring substituents is 1. The number of nitrogens with zero attached hydrogens (tertiary/aromatic N) is 2. The van der Waals surface area contributed by atoms with E-state index >= 15 is 0 Å². The molecule has 0 aliphatic rings. The first-order valence-electron chi connectivity index (χ1n) is 7.80. The number of carbonyl (C=O) groups is 2. The lowest BCUT2D eigenvalue weighted by atomic mass is 10.2. The Morgan fingerprint density at radius 3 is 2.27 bits per heavy atom. The molecule has 0 aliphatic carbocycles. The van der Waals surface area contributed by atoms with Crippen molar-refractivity contribution in [1.82, 2.24) is 9.62 Å². The highest BCUT2D eigenvalue weighted by Gasteiger charge is 2.20. The molecule has 1 amide bonds. The average Bonchev–Trinajstić information content (AvgIpc) is 2.54. The molecule has 0 heterocycles. The Morgan fingerprint density at radius 1 is 1.23 bits per heavy atom. The van der Waals surface area contributed by atoms with Gasteiger partial charge in [0, 0.05) is 37.7 Å². The van der Waals surface area contributed by atoms with Crippen LogP contribution in [0.5, 0.6) is 0 Å². The number of amides is 1. The van der Waals surface area contributed by atoms with Crippen LogP contribution in [-0.2, 0) is 19.6 Å². The third kappa shape index (κ3) is 6.41. The van der Waals surface area contributed by atoms with Crippen LogP contribution in [0.3, 0.4) is 0 Å². The van der Waals surface area contributed by atoms with Gasteiger partial charge in [-0.1, -0.05) is 0 Å². The molecule has 0 saturated carbocycles. The predicted octanol–water partition coefficient (Wildman–Crippen LogP) is 0.975. The topological polar surface area (TPSA) is 147 Å². The number of rotatable bonds is 10. The van der Waals surface area contributed by atoms with Crippen LogP contribution in [0, 0.1) is 10.1 Å². The molecule has 2 N–H and O–H groups in total. The van der Waals surface area contributed by atoms with E-state index in [1.807, 2.05) is 0 Å². The van der Waals surface area contributed by atoms with Crippen molar-refractivity contribution in [2.45, 2.75) is 37.6 Å². The van der Waals surface area contributed by atoms with Gasteiger partial charge >= 0.3 is 5.97 Å². The molecular formula is C15H21N3O7S. The van der Waals surface area contributed by atoms with Crippen molar-refractivity contribution >= 4 is 27.6 Å². The van der Waals surface area contributed by atoms with Crippen molar-refractivity contribution in [2.75, 3.05) is 13.1 Å². The maximum absolute atomic E-state index is 12.2. The lowest BCUT2D eigenvalue weighted by molar-refractivity contribution is -0.384. The summed E-state index contributed by atoms with van der Waals surface area (Å²) in [5, 5.41) is 19.3. The summed E-state index contributed by atoms with van der Waals surface area (Å²) in [6, 6.07) is 4.15. The monoisotopic (exact) mass is 387 g/mol. The second kappa shape index (κ2) is 9.25. The number of carboxylic acids is 1. The van der Waals surface area contributed by atoms with Crippen LogP contribution >= 0.6 is 0 Å². The van der Waals surface area contributed by atoms with Crippen LogP contribution in [0.1, 0.15) is 26.7 Å². The summed E-state index contributed by atoms with van der Waals surface area (Å²) in [7, 11) is -3.91. The zero-order valence-corrected chi connectivity index (χ0v) is 15.2. The Hall–Kier alpha value is -2.53. The van der Waals surface area contributed by atoms with Crippen LogP contribution in [0.4, 0.5) is 5.69 Å². The number of benzene rings is 1. The number of nitro groups is 1. The molecule has 144 valence electrons. The number of hydrogen-bond acceptors (Lipinski definition) is 6. The third-order valence-electron chi connectivity index (χ3n) is 3.50. The van der Waals surface area contributed by atoms with E-state index in [0.29, 0.717) is 0 Å². The van der Waals surface area contributed by atoms with Gasteiger partial charge in [0.15, 0.2) is 0 Å². The molecule has 0 atom stereocenters. The van der Waals surface area contributed by atoms with E-state index in [1.54, 1.807) is 13.8 Å². The zero-order chi connectivity index (χ0) is 19.9. The van der Waals surface area contributed by atoms with E-state index in [-0.39, 0.29) is 48.5 Å². The summed E-state index contributed by atoms with van der Waals surface area (Å²) in [6.07, 6.45) is -0.331. The first kappa shape index (κ1) is 21.5. The van der Waals surface area contributed by atoms with Crippen molar-refractivity contribution in [3.05, 3.63) is 34.4 Å². The van der Waals surface area contributed by atoms with Gasteiger partial charge < -0.3 is 10.0 Å². The van der Waals surface area contributed by atoms with Gasteiger partial charge in [-0.3, -0.25) is 19.7 Å². The molecule has 0 aliphatic heterocycles. The van der Waals surface area contributed by atoms with Gasteiger partial charge in [-0.15, -0.1) is 0 Å². The summed E-state index contributed by atoms with van der Waals surface area (Å²) < 4.78 is 26.5. The maximum Gasteiger partial charge on any atom is 0.305 e. The lowest BCUT2D eigenvalue weighted by Crippen LogP contribution is -2.40. The average molecular weight is 387 g/mol. The quantitative estimate of drug-likeness (QED) is 0.449. The van der Waals surface area contributed by atoms with Gasteiger partial charge in [0.1, 0.15) is 0 Å². The van der Waals surface area contributed by atoms with Crippen LogP contribution in [-0.4, -0.2) is 54.4 Å². The summed E-state index contributed by atoms with van der Waals surface area (Å²) in [5.74, 6) is -1.39. The molecule has 0 unspecified atom stereocenters. The molecule has 26 heavy (non-hydrogen) atoms. The fraction of sp³-hybridized carbons (Fsp3) is 0.467. The molecule has 1 aromatic rings. The number of aliphatic carboxylic acids is 1. The fourth-order valence-electron chi connectivity index (χ4n) is 2.15. The standard InChI is InChI=1S/C15H21N3O7S/c1-11(2)17(10-8-15(20)21)14(19)7-9-16-26(24,25)13-5-3-12(4-6-13)18(22)23/h3-6,11,16H,7-10H2,1-2H3,(H,20,21). The van der Waals surface area contributed by atoms with E-state index in [2.05, 4.69) is 4.72 Å².